The van der Waals surface area contributed by atoms with Crippen LogP contribution in [0.2, 0.25) is 0 Å². The van der Waals surface area contributed by atoms with Crippen molar-refractivity contribution in [1.29, 1.82) is 0 Å². The van der Waals surface area contributed by atoms with Crippen LogP contribution in [0.1, 0.15) is 29.8 Å². The Bertz CT molecular complexity index is 1240. The lowest BCUT2D eigenvalue weighted by Crippen LogP contribution is -2.38. The molecule has 0 aliphatic carbocycles. The van der Waals surface area contributed by atoms with E-state index in [-0.39, 0.29) is 10.7 Å². The molecule has 0 atom stereocenters. The van der Waals surface area contributed by atoms with E-state index >= 15 is 0 Å². The van der Waals surface area contributed by atoms with Crippen molar-refractivity contribution < 1.29 is 22.7 Å². The molecule has 3 rings (SSSR count). The smallest absolute Gasteiger partial charge is 0.264 e. The SMILES string of the molecule is CCOc1ccc(S(=O)(=O)N(CC(=O)Nc2cccc(C(C)=O)c2)c2ccc(C)cc2)cc1. The zero-order valence-electron chi connectivity index (χ0n) is 18.7. The Morgan fingerprint density at radius 2 is 1.64 bits per heavy atom. The zero-order valence-corrected chi connectivity index (χ0v) is 19.6. The van der Waals surface area contributed by atoms with Gasteiger partial charge in [-0.2, -0.15) is 0 Å². The molecule has 0 bridgehead atoms. The highest BCUT2D eigenvalue weighted by atomic mass is 32.2. The maximum atomic E-state index is 13.5. The van der Waals surface area contributed by atoms with Crippen molar-refractivity contribution in [3.8, 4) is 5.75 Å². The molecule has 33 heavy (non-hydrogen) atoms. The number of Topliss-reactive ketones (excluding diaryl/α,β-unsaturated/α-hetero) is 1. The summed E-state index contributed by atoms with van der Waals surface area (Å²) in [6.07, 6.45) is 0. The minimum absolute atomic E-state index is 0.0397. The van der Waals surface area contributed by atoms with E-state index in [1.54, 1.807) is 60.7 Å². The standard InChI is InChI=1S/C25H26N2O5S/c1-4-32-23-12-14-24(15-13-23)33(30,31)27(22-10-8-18(2)9-11-22)17-25(29)26-21-7-5-6-20(16-21)19(3)28/h5-16H,4,17H2,1-3H3,(H,26,29). The largest absolute Gasteiger partial charge is 0.494 e. The van der Waals surface area contributed by atoms with E-state index in [0.29, 0.717) is 29.3 Å². The van der Waals surface area contributed by atoms with Crippen LogP contribution in [0.15, 0.2) is 77.7 Å². The van der Waals surface area contributed by atoms with Gasteiger partial charge in [-0.1, -0.05) is 29.8 Å². The van der Waals surface area contributed by atoms with Crippen LogP contribution < -0.4 is 14.4 Å². The van der Waals surface area contributed by atoms with Crippen molar-refractivity contribution in [2.24, 2.45) is 0 Å². The van der Waals surface area contributed by atoms with Gasteiger partial charge in [0.15, 0.2) is 5.78 Å². The number of sulfonamides is 1. The second kappa shape index (κ2) is 10.3. The molecule has 7 nitrogen and oxygen atoms in total. The van der Waals surface area contributed by atoms with Crippen molar-refractivity contribution in [2.45, 2.75) is 25.7 Å². The lowest BCUT2D eigenvalue weighted by atomic mass is 10.1. The Balaban J connectivity index is 1.91. The lowest BCUT2D eigenvalue weighted by molar-refractivity contribution is -0.114. The summed E-state index contributed by atoms with van der Waals surface area (Å²) in [7, 11) is -4.04. The number of ketones is 1. The minimum Gasteiger partial charge on any atom is -0.494 e. The summed E-state index contributed by atoms with van der Waals surface area (Å²) in [4.78, 5) is 24.5. The summed E-state index contributed by atoms with van der Waals surface area (Å²) in [6.45, 7) is 5.19. The first kappa shape index (κ1) is 24.0. The van der Waals surface area contributed by atoms with Gasteiger partial charge in [-0.05, 0) is 69.3 Å². The number of carbonyl (C=O) groups is 2. The number of hydrogen-bond donors (Lipinski definition) is 1. The van der Waals surface area contributed by atoms with Gasteiger partial charge in [-0.25, -0.2) is 8.42 Å². The number of nitrogens with one attached hydrogen (secondary N) is 1. The highest BCUT2D eigenvalue weighted by Gasteiger charge is 2.27. The van der Waals surface area contributed by atoms with Crippen LogP contribution in [0.25, 0.3) is 0 Å². The number of ether oxygens (including phenoxy) is 1. The van der Waals surface area contributed by atoms with E-state index in [0.717, 1.165) is 9.87 Å². The van der Waals surface area contributed by atoms with Gasteiger partial charge in [-0.3, -0.25) is 13.9 Å². The first-order valence-corrected chi connectivity index (χ1v) is 11.9. The Morgan fingerprint density at radius 1 is 0.970 bits per heavy atom. The third kappa shape index (κ3) is 5.98. The molecule has 0 spiro atoms. The highest BCUT2D eigenvalue weighted by molar-refractivity contribution is 7.92. The molecule has 0 aliphatic rings. The Morgan fingerprint density at radius 3 is 2.24 bits per heavy atom. The fraction of sp³-hybridized carbons (Fsp3) is 0.200. The Kier molecular flexibility index (Phi) is 7.50. The van der Waals surface area contributed by atoms with Crippen LogP contribution >= 0.6 is 0 Å². The lowest BCUT2D eigenvalue weighted by Gasteiger charge is -2.24. The third-order valence-electron chi connectivity index (χ3n) is 4.88. The van der Waals surface area contributed by atoms with Crippen LogP contribution in [-0.2, 0) is 14.8 Å². The minimum atomic E-state index is -4.04. The number of nitrogens with zero attached hydrogens (tertiary/aromatic N) is 1. The summed E-state index contributed by atoms with van der Waals surface area (Å²) in [5.74, 6) is -0.113. The molecule has 0 aliphatic heterocycles. The van der Waals surface area contributed by atoms with Crippen LogP contribution in [0.5, 0.6) is 5.75 Å². The molecule has 0 unspecified atom stereocenters. The van der Waals surface area contributed by atoms with E-state index in [4.69, 9.17) is 4.74 Å². The molecule has 0 heterocycles. The molecule has 8 heteroatoms. The van der Waals surface area contributed by atoms with Gasteiger partial charge in [0.1, 0.15) is 12.3 Å². The van der Waals surface area contributed by atoms with Crippen molar-refractivity contribution in [3.63, 3.8) is 0 Å². The zero-order chi connectivity index (χ0) is 24.0. The predicted octanol–water partition coefficient (Wildman–Crippen LogP) is 4.43. The summed E-state index contributed by atoms with van der Waals surface area (Å²) in [6, 6.07) is 19.4. The third-order valence-corrected chi connectivity index (χ3v) is 6.67. The number of benzene rings is 3. The topological polar surface area (TPSA) is 92.8 Å². The molecule has 0 radical (unpaired) electrons. The maximum Gasteiger partial charge on any atom is 0.264 e. The molecule has 172 valence electrons. The van der Waals surface area contributed by atoms with Crippen LogP contribution in [-0.4, -0.2) is 33.3 Å². The summed E-state index contributed by atoms with van der Waals surface area (Å²) in [5.41, 5.74) is 2.19. The highest BCUT2D eigenvalue weighted by Crippen LogP contribution is 2.26. The summed E-state index contributed by atoms with van der Waals surface area (Å²) < 4.78 is 33.4. The molecule has 1 N–H and O–H groups in total. The van der Waals surface area contributed by atoms with E-state index in [1.807, 2.05) is 13.8 Å². The number of amides is 1. The number of rotatable bonds is 9. The normalized spacial score (nSPS) is 11.0. The molecule has 0 fully saturated rings. The number of hydrogen-bond acceptors (Lipinski definition) is 5. The van der Waals surface area contributed by atoms with Crippen molar-refractivity contribution >= 4 is 33.1 Å². The summed E-state index contributed by atoms with van der Waals surface area (Å²) in [5, 5.41) is 2.68. The van der Waals surface area contributed by atoms with Gasteiger partial charge in [0.2, 0.25) is 5.91 Å². The van der Waals surface area contributed by atoms with Gasteiger partial charge in [0, 0.05) is 11.3 Å². The van der Waals surface area contributed by atoms with Gasteiger partial charge >= 0.3 is 0 Å². The van der Waals surface area contributed by atoms with E-state index in [1.165, 1.54) is 19.1 Å². The summed E-state index contributed by atoms with van der Waals surface area (Å²) >= 11 is 0. The first-order chi connectivity index (χ1) is 15.7. The van der Waals surface area contributed by atoms with Gasteiger partial charge in [0.05, 0.1) is 17.2 Å². The van der Waals surface area contributed by atoms with Crippen molar-refractivity contribution in [1.82, 2.24) is 0 Å². The average Bonchev–Trinajstić information content (AvgIpc) is 2.79. The van der Waals surface area contributed by atoms with Gasteiger partial charge < -0.3 is 10.1 Å². The molecule has 1 amide bonds. The molecule has 0 saturated carbocycles. The Hall–Kier alpha value is -3.65. The monoisotopic (exact) mass is 466 g/mol. The van der Waals surface area contributed by atoms with Crippen molar-refractivity contribution in [2.75, 3.05) is 22.8 Å². The van der Waals surface area contributed by atoms with Gasteiger partial charge in [0.25, 0.3) is 10.0 Å². The van der Waals surface area contributed by atoms with Crippen LogP contribution in [0.3, 0.4) is 0 Å². The fourth-order valence-corrected chi connectivity index (χ4v) is 4.60. The molecular weight excluding hydrogens is 440 g/mol. The second-order valence-corrected chi connectivity index (χ2v) is 9.30. The number of anilines is 2. The molecular formula is C25H26N2O5S. The van der Waals surface area contributed by atoms with E-state index < -0.39 is 22.5 Å². The molecule has 0 saturated heterocycles. The first-order valence-electron chi connectivity index (χ1n) is 10.4. The maximum absolute atomic E-state index is 13.5. The van der Waals surface area contributed by atoms with Crippen LogP contribution in [0, 0.1) is 6.92 Å². The van der Waals surface area contributed by atoms with Crippen LogP contribution in [0.4, 0.5) is 11.4 Å². The van der Waals surface area contributed by atoms with Crippen molar-refractivity contribution in [3.05, 3.63) is 83.9 Å². The Labute approximate surface area is 194 Å². The number of carbonyl (C=O) groups excluding carboxylic acids is 2. The van der Waals surface area contributed by atoms with Gasteiger partial charge in [-0.15, -0.1) is 0 Å². The van der Waals surface area contributed by atoms with E-state index in [9.17, 15) is 18.0 Å². The molecule has 3 aromatic rings. The molecule has 0 aromatic heterocycles. The molecule has 3 aromatic carbocycles. The fourth-order valence-electron chi connectivity index (χ4n) is 3.17. The number of aryl methyl sites for hydroxylation is 1. The second-order valence-electron chi connectivity index (χ2n) is 7.44. The quantitative estimate of drug-likeness (QED) is 0.471. The average molecular weight is 467 g/mol. The predicted molar refractivity (Wildman–Crippen MR) is 128 cm³/mol. The van der Waals surface area contributed by atoms with E-state index in [2.05, 4.69) is 5.32 Å².